The van der Waals surface area contributed by atoms with Crippen molar-refractivity contribution in [3.63, 3.8) is 0 Å². The van der Waals surface area contributed by atoms with E-state index in [2.05, 4.69) is 5.32 Å². The highest BCUT2D eigenvalue weighted by molar-refractivity contribution is 6.13. The van der Waals surface area contributed by atoms with Crippen LogP contribution in [0.15, 0.2) is 48.5 Å². The Morgan fingerprint density at radius 1 is 1.06 bits per heavy atom. The Kier molecular flexibility index (Phi) is 6.67. The summed E-state index contributed by atoms with van der Waals surface area (Å²) in [5.74, 6) is -0.0692. The molecule has 9 nitrogen and oxygen atoms in total. The minimum absolute atomic E-state index is 0.103. The fraction of sp³-hybridized carbons (Fsp3) is 0.375. The Morgan fingerprint density at radius 2 is 1.79 bits per heavy atom. The number of carboxylic acid groups (broad SMARTS) is 1. The largest absolute Gasteiger partial charge is 0.483 e. The molecule has 3 amide bonds. The van der Waals surface area contributed by atoms with Gasteiger partial charge in [0.05, 0.1) is 5.69 Å². The van der Waals surface area contributed by atoms with Crippen LogP contribution in [-0.4, -0.2) is 60.4 Å². The number of amides is 3. The van der Waals surface area contributed by atoms with E-state index >= 15 is 0 Å². The summed E-state index contributed by atoms with van der Waals surface area (Å²) in [6.07, 6.45) is 1.33. The average Bonchev–Trinajstić information content (AvgIpc) is 2.83. The van der Waals surface area contributed by atoms with Gasteiger partial charge in [0.1, 0.15) is 24.1 Å². The van der Waals surface area contributed by atoms with Gasteiger partial charge in [-0.3, -0.25) is 14.5 Å². The van der Waals surface area contributed by atoms with Crippen LogP contribution in [0, 0.1) is 0 Å². The molecule has 33 heavy (non-hydrogen) atoms. The van der Waals surface area contributed by atoms with Crippen LogP contribution in [0.25, 0.3) is 0 Å². The molecule has 1 saturated heterocycles. The lowest BCUT2D eigenvalue weighted by atomic mass is 10.1. The number of likely N-dealkylation sites (tertiary alicyclic amines) is 1. The Morgan fingerprint density at radius 3 is 2.48 bits per heavy atom. The van der Waals surface area contributed by atoms with E-state index in [4.69, 9.17) is 4.74 Å². The van der Waals surface area contributed by atoms with E-state index in [-0.39, 0.29) is 25.1 Å². The number of para-hydroxylation sites is 1. The molecule has 0 aliphatic carbocycles. The first-order chi connectivity index (χ1) is 16.0. The van der Waals surface area contributed by atoms with Gasteiger partial charge in [-0.25, -0.2) is 4.79 Å². The summed E-state index contributed by atoms with van der Waals surface area (Å²) in [6, 6.07) is 14.3. The molecule has 0 spiro atoms. The second-order valence-corrected chi connectivity index (χ2v) is 8.19. The lowest BCUT2D eigenvalue weighted by Gasteiger charge is -2.41. The maximum Gasteiger partial charge on any atom is 0.406 e. The SMILES string of the molecule is CC(NC(=O)O)N1CN(c2ccccc2)C(=O)c2c(OCC(=O)N3CCCCC3)cccc21. The molecule has 0 radical (unpaired) electrons. The summed E-state index contributed by atoms with van der Waals surface area (Å²) in [5.41, 5.74) is 1.54. The van der Waals surface area contributed by atoms with Gasteiger partial charge in [0, 0.05) is 18.8 Å². The second-order valence-electron chi connectivity index (χ2n) is 8.19. The third-order valence-corrected chi connectivity index (χ3v) is 5.99. The smallest absolute Gasteiger partial charge is 0.406 e. The van der Waals surface area contributed by atoms with E-state index < -0.39 is 12.3 Å². The number of fused-ring (bicyclic) bond motifs is 1. The Labute approximate surface area is 192 Å². The van der Waals surface area contributed by atoms with E-state index in [1.807, 2.05) is 30.3 Å². The van der Waals surface area contributed by atoms with Gasteiger partial charge in [-0.2, -0.15) is 0 Å². The number of rotatable bonds is 6. The average molecular weight is 453 g/mol. The van der Waals surface area contributed by atoms with E-state index in [0.717, 1.165) is 32.4 Å². The van der Waals surface area contributed by atoms with E-state index in [0.29, 0.717) is 22.7 Å². The minimum Gasteiger partial charge on any atom is -0.483 e. The summed E-state index contributed by atoms with van der Waals surface area (Å²) in [5, 5.41) is 11.7. The van der Waals surface area contributed by atoms with Gasteiger partial charge in [-0.15, -0.1) is 0 Å². The summed E-state index contributed by atoms with van der Waals surface area (Å²) < 4.78 is 5.88. The van der Waals surface area contributed by atoms with Crippen molar-refractivity contribution < 1.29 is 24.2 Å². The molecule has 2 heterocycles. The summed E-state index contributed by atoms with van der Waals surface area (Å²) in [4.78, 5) is 42.6. The van der Waals surface area contributed by atoms with Crippen LogP contribution in [-0.2, 0) is 4.79 Å². The zero-order valence-electron chi connectivity index (χ0n) is 18.6. The predicted molar refractivity (Wildman–Crippen MR) is 124 cm³/mol. The number of carbonyl (C=O) groups excluding carboxylic acids is 2. The number of piperidine rings is 1. The standard InChI is InChI=1S/C24H28N4O5/c1-17(25-24(31)32)27-16-28(18-9-4-2-5-10-18)23(30)22-19(27)11-8-12-20(22)33-15-21(29)26-13-6-3-7-14-26/h2,4-5,8-12,17,25H,3,6-7,13-16H2,1H3,(H,31,32). The maximum absolute atomic E-state index is 13.6. The fourth-order valence-electron chi connectivity index (χ4n) is 4.29. The number of hydrogen-bond acceptors (Lipinski definition) is 5. The molecular formula is C24H28N4O5. The number of nitrogens with one attached hydrogen (secondary N) is 1. The number of hydrogen-bond donors (Lipinski definition) is 2. The van der Waals surface area contributed by atoms with Crippen LogP contribution >= 0.6 is 0 Å². The normalized spacial score (nSPS) is 16.8. The van der Waals surface area contributed by atoms with Crippen molar-refractivity contribution in [3.05, 3.63) is 54.1 Å². The molecule has 2 aliphatic rings. The highest BCUT2D eigenvalue weighted by Crippen LogP contribution is 2.37. The summed E-state index contributed by atoms with van der Waals surface area (Å²) >= 11 is 0. The van der Waals surface area contributed by atoms with Crippen molar-refractivity contribution in [3.8, 4) is 5.75 Å². The fourth-order valence-corrected chi connectivity index (χ4v) is 4.29. The zero-order chi connectivity index (χ0) is 23.4. The first-order valence-electron chi connectivity index (χ1n) is 11.1. The molecule has 2 aliphatic heterocycles. The van der Waals surface area contributed by atoms with Gasteiger partial charge in [-0.05, 0) is 50.5 Å². The molecule has 4 rings (SSSR count). The van der Waals surface area contributed by atoms with Gasteiger partial charge < -0.3 is 25.0 Å². The van der Waals surface area contributed by atoms with E-state index in [9.17, 15) is 19.5 Å². The Balaban J connectivity index is 1.65. The van der Waals surface area contributed by atoms with Crippen LogP contribution in [0.5, 0.6) is 5.75 Å². The van der Waals surface area contributed by atoms with Crippen molar-refractivity contribution in [1.82, 2.24) is 10.2 Å². The van der Waals surface area contributed by atoms with Crippen molar-refractivity contribution in [2.45, 2.75) is 32.4 Å². The molecule has 9 heteroatoms. The molecule has 1 unspecified atom stereocenters. The molecule has 0 bridgehead atoms. The van der Waals surface area contributed by atoms with Gasteiger partial charge in [0.15, 0.2) is 6.61 Å². The predicted octanol–water partition coefficient (Wildman–Crippen LogP) is 3.12. The topological polar surface area (TPSA) is 102 Å². The first-order valence-corrected chi connectivity index (χ1v) is 11.1. The molecular weight excluding hydrogens is 424 g/mol. The quantitative estimate of drug-likeness (QED) is 0.698. The number of anilines is 2. The number of carbonyl (C=O) groups is 3. The summed E-state index contributed by atoms with van der Waals surface area (Å²) in [6.45, 7) is 3.17. The molecule has 0 saturated carbocycles. The molecule has 0 aromatic heterocycles. The number of nitrogens with zero attached hydrogens (tertiary/aromatic N) is 3. The molecule has 1 atom stereocenters. The second kappa shape index (κ2) is 9.81. The third kappa shape index (κ3) is 4.87. The third-order valence-electron chi connectivity index (χ3n) is 5.99. The van der Waals surface area contributed by atoms with Gasteiger partial charge >= 0.3 is 6.09 Å². The molecule has 2 aromatic carbocycles. The molecule has 2 N–H and O–H groups in total. The van der Waals surface area contributed by atoms with E-state index in [1.54, 1.807) is 39.8 Å². The van der Waals surface area contributed by atoms with Crippen molar-refractivity contribution in [2.24, 2.45) is 0 Å². The van der Waals surface area contributed by atoms with Crippen LogP contribution in [0.2, 0.25) is 0 Å². The Bertz CT molecular complexity index is 1020. The zero-order valence-corrected chi connectivity index (χ0v) is 18.6. The van der Waals surface area contributed by atoms with Crippen molar-refractivity contribution >= 4 is 29.3 Å². The van der Waals surface area contributed by atoms with Crippen LogP contribution in [0.4, 0.5) is 16.2 Å². The molecule has 1 fully saturated rings. The van der Waals surface area contributed by atoms with Crippen molar-refractivity contribution in [2.75, 3.05) is 36.2 Å². The maximum atomic E-state index is 13.6. The summed E-state index contributed by atoms with van der Waals surface area (Å²) in [7, 11) is 0. The Hall–Kier alpha value is -3.75. The van der Waals surface area contributed by atoms with Crippen LogP contribution in [0.1, 0.15) is 36.5 Å². The van der Waals surface area contributed by atoms with Gasteiger partial charge in [0.25, 0.3) is 11.8 Å². The molecule has 2 aromatic rings. The monoisotopic (exact) mass is 452 g/mol. The molecule has 174 valence electrons. The van der Waals surface area contributed by atoms with Crippen molar-refractivity contribution in [1.29, 1.82) is 0 Å². The lowest BCUT2D eigenvalue weighted by Crippen LogP contribution is -2.55. The highest BCUT2D eigenvalue weighted by atomic mass is 16.5. The number of ether oxygens (including phenoxy) is 1. The first kappa shape index (κ1) is 22.4. The van der Waals surface area contributed by atoms with Gasteiger partial charge in [0.2, 0.25) is 0 Å². The van der Waals surface area contributed by atoms with Crippen LogP contribution < -0.4 is 19.9 Å². The highest BCUT2D eigenvalue weighted by Gasteiger charge is 2.35. The lowest BCUT2D eigenvalue weighted by molar-refractivity contribution is -0.134. The number of benzene rings is 2. The minimum atomic E-state index is -1.16. The van der Waals surface area contributed by atoms with E-state index in [1.165, 1.54) is 0 Å². The van der Waals surface area contributed by atoms with Gasteiger partial charge in [-0.1, -0.05) is 24.3 Å². The van der Waals surface area contributed by atoms with Crippen LogP contribution in [0.3, 0.4) is 0 Å².